The van der Waals surface area contributed by atoms with Crippen LogP contribution in [-0.4, -0.2) is 5.96 Å². The lowest BCUT2D eigenvalue weighted by molar-refractivity contribution is 0.998. The Labute approximate surface area is 126 Å². The van der Waals surface area contributed by atoms with Crippen LogP contribution in [0.1, 0.15) is 30.5 Å². The van der Waals surface area contributed by atoms with E-state index in [9.17, 15) is 0 Å². The first-order valence-corrected chi connectivity index (χ1v) is 7.45. The highest BCUT2D eigenvalue weighted by Gasteiger charge is 2.00. The van der Waals surface area contributed by atoms with Gasteiger partial charge in [-0.25, -0.2) is 4.99 Å². The first-order valence-electron chi connectivity index (χ1n) is 7.45. The van der Waals surface area contributed by atoms with Crippen molar-refractivity contribution in [1.82, 2.24) is 0 Å². The molecule has 110 valence electrons. The number of rotatable bonds is 5. The topological polar surface area (TPSA) is 50.4 Å². The van der Waals surface area contributed by atoms with Gasteiger partial charge in [-0.1, -0.05) is 50.2 Å². The number of nitrogens with zero attached hydrogens (tertiary/aromatic N) is 1. The predicted octanol–water partition coefficient (Wildman–Crippen LogP) is 3.74. The van der Waals surface area contributed by atoms with Crippen LogP contribution in [0.15, 0.2) is 53.5 Å². The number of aliphatic imine (C=N–C) groups is 1. The molecule has 2 aromatic rings. The molecule has 0 fully saturated rings. The Hall–Kier alpha value is -2.29. The quantitative estimate of drug-likeness (QED) is 0.648. The Morgan fingerprint density at radius 3 is 2.48 bits per heavy atom. The zero-order valence-electron chi connectivity index (χ0n) is 12.8. The molecule has 3 nitrogen and oxygen atoms in total. The maximum absolute atomic E-state index is 5.98. The number of guanidine groups is 1. The standard InChI is InChI=1S/C18H23N3/c1-3-14-8-7-11-17(12-14)21-18(19)20-13-16-10-6-5-9-15(16)4-2/h5-12H,3-4,13H2,1-2H3,(H3,19,20,21). The summed E-state index contributed by atoms with van der Waals surface area (Å²) in [6, 6.07) is 16.6. The second kappa shape index (κ2) is 7.48. The molecule has 0 aliphatic rings. The summed E-state index contributed by atoms with van der Waals surface area (Å²) in [6.07, 6.45) is 2.02. The Bertz CT molecular complexity index is 617. The minimum Gasteiger partial charge on any atom is -0.370 e. The summed E-state index contributed by atoms with van der Waals surface area (Å²) in [7, 11) is 0. The van der Waals surface area contributed by atoms with Crippen LogP contribution in [0.5, 0.6) is 0 Å². The fourth-order valence-corrected chi connectivity index (χ4v) is 2.28. The van der Waals surface area contributed by atoms with Gasteiger partial charge in [-0.05, 0) is 41.7 Å². The minimum absolute atomic E-state index is 0.453. The van der Waals surface area contributed by atoms with Crippen molar-refractivity contribution in [3.05, 3.63) is 65.2 Å². The van der Waals surface area contributed by atoms with Gasteiger partial charge in [-0.3, -0.25) is 0 Å². The minimum atomic E-state index is 0.453. The van der Waals surface area contributed by atoms with Gasteiger partial charge in [0.15, 0.2) is 5.96 Å². The van der Waals surface area contributed by atoms with Crippen LogP contribution in [0, 0.1) is 0 Å². The molecule has 0 bridgehead atoms. The van der Waals surface area contributed by atoms with Crippen LogP contribution in [0.2, 0.25) is 0 Å². The monoisotopic (exact) mass is 281 g/mol. The highest BCUT2D eigenvalue weighted by atomic mass is 15.1. The van der Waals surface area contributed by atoms with Crippen molar-refractivity contribution in [2.45, 2.75) is 33.2 Å². The summed E-state index contributed by atoms with van der Waals surface area (Å²) in [5, 5.41) is 3.15. The van der Waals surface area contributed by atoms with Gasteiger partial charge < -0.3 is 11.1 Å². The Morgan fingerprint density at radius 1 is 1.00 bits per heavy atom. The zero-order valence-corrected chi connectivity index (χ0v) is 12.8. The van der Waals surface area contributed by atoms with E-state index in [1.54, 1.807) is 0 Å². The summed E-state index contributed by atoms with van der Waals surface area (Å²) in [5.41, 5.74) is 10.8. The van der Waals surface area contributed by atoms with E-state index in [0.717, 1.165) is 18.5 Å². The molecule has 0 saturated carbocycles. The van der Waals surface area contributed by atoms with Crippen molar-refractivity contribution in [3.63, 3.8) is 0 Å². The lowest BCUT2D eigenvalue weighted by atomic mass is 10.1. The molecular weight excluding hydrogens is 258 g/mol. The van der Waals surface area contributed by atoms with Crippen LogP contribution in [-0.2, 0) is 19.4 Å². The molecule has 0 spiro atoms. The molecule has 3 heteroatoms. The fraction of sp³-hybridized carbons (Fsp3) is 0.278. The number of hydrogen-bond acceptors (Lipinski definition) is 1. The molecular formula is C18H23N3. The van der Waals surface area contributed by atoms with E-state index in [0.29, 0.717) is 12.5 Å². The number of anilines is 1. The normalized spacial score (nSPS) is 11.4. The highest BCUT2D eigenvalue weighted by Crippen LogP contribution is 2.12. The number of aryl methyl sites for hydroxylation is 2. The molecule has 0 amide bonds. The Kier molecular flexibility index (Phi) is 5.38. The number of benzene rings is 2. The van der Waals surface area contributed by atoms with E-state index in [-0.39, 0.29) is 0 Å². The number of nitrogens with two attached hydrogens (primary N) is 1. The highest BCUT2D eigenvalue weighted by molar-refractivity contribution is 5.92. The van der Waals surface area contributed by atoms with Crippen molar-refractivity contribution >= 4 is 11.6 Å². The first kappa shape index (κ1) is 15.1. The molecule has 0 radical (unpaired) electrons. The molecule has 2 rings (SSSR count). The van der Waals surface area contributed by atoms with Crippen LogP contribution in [0.4, 0.5) is 5.69 Å². The zero-order chi connectivity index (χ0) is 15.1. The van der Waals surface area contributed by atoms with Gasteiger partial charge in [0.1, 0.15) is 0 Å². The molecule has 0 aromatic heterocycles. The SMILES string of the molecule is CCc1cccc(NC(N)=NCc2ccccc2CC)c1. The largest absolute Gasteiger partial charge is 0.370 e. The van der Waals surface area contributed by atoms with Gasteiger partial charge in [-0.15, -0.1) is 0 Å². The van der Waals surface area contributed by atoms with Crippen LogP contribution < -0.4 is 11.1 Å². The number of hydrogen-bond donors (Lipinski definition) is 2. The first-order chi connectivity index (χ1) is 10.2. The predicted molar refractivity (Wildman–Crippen MR) is 90.6 cm³/mol. The van der Waals surface area contributed by atoms with Crippen LogP contribution in [0.25, 0.3) is 0 Å². The van der Waals surface area contributed by atoms with Gasteiger partial charge in [0.05, 0.1) is 6.54 Å². The molecule has 0 atom stereocenters. The molecule has 0 saturated heterocycles. The third-order valence-electron chi connectivity index (χ3n) is 3.53. The lowest BCUT2D eigenvalue weighted by Gasteiger charge is -2.08. The average Bonchev–Trinajstić information content (AvgIpc) is 2.53. The Morgan fingerprint density at radius 2 is 1.76 bits per heavy atom. The molecule has 0 aliphatic heterocycles. The van der Waals surface area contributed by atoms with Gasteiger partial charge in [-0.2, -0.15) is 0 Å². The summed E-state index contributed by atoms with van der Waals surface area (Å²) in [6.45, 7) is 4.90. The summed E-state index contributed by atoms with van der Waals surface area (Å²) >= 11 is 0. The van der Waals surface area contributed by atoms with Crippen molar-refractivity contribution in [3.8, 4) is 0 Å². The van der Waals surface area contributed by atoms with Crippen LogP contribution in [0.3, 0.4) is 0 Å². The molecule has 0 aliphatic carbocycles. The van der Waals surface area contributed by atoms with E-state index < -0.39 is 0 Å². The van der Waals surface area contributed by atoms with Crippen LogP contribution >= 0.6 is 0 Å². The molecule has 21 heavy (non-hydrogen) atoms. The second-order valence-electron chi connectivity index (χ2n) is 5.00. The summed E-state index contributed by atoms with van der Waals surface area (Å²) < 4.78 is 0. The Balaban J connectivity index is 2.04. The van der Waals surface area contributed by atoms with E-state index in [4.69, 9.17) is 5.73 Å². The molecule has 0 heterocycles. The third-order valence-corrected chi connectivity index (χ3v) is 3.53. The molecule has 0 unspecified atom stereocenters. The maximum atomic E-state index is 5.98. The van der Waals surface area contributed by atoms with E-state index in [1.165, 1.54) is 16.7 Å². The van der Waals surface area contributed by atoms with E-state index in [2.05, 4.69) is 54.5 Å². The van der Waals surface area contributed by atoms with Gasteiger partial charge in [0.25, 0.3) is 0 Å². The summed E-state index contributed by atoms with van der Waals surface area (Å²) in [5.74, 6) is 0.453. The van der Waals surface area contributed by atoms with Gasteiger partial charge in [0, 0.05) is 5.69 Å². The second-order valence-corrected chi connectivity index (χ2v) is 5.00. The van der Waals surface area contributed by atoms with Crippen molar-refractivity contribution < 1.29 is 0 Å². The fourth-order valence-electron chi connectivity index (χ4n) is 2.28. The maximum Gasteiger partial charge on any atom is 0.193 e. The number of nitrogens with one attached hydrogen (secondary N) is 1. The molecule has 2 aromatic carbocycles. The van der Waals surface area contributed by atoms with Gasteiger partial charge >= 0.3 is 0 Å². The molecule has 3 N–H and O–H groups in total. The van der Waals surface area contributed by atoms with Crippen molar-refractivity contribution in [1.29, 1.82) is 0 Å². The lowest BCUT2D eigenvalue weighted by Crippen LogP contribution is -2.22. The van der Waals surface area contributed by atoms with Crippen molar-refractivity contribution in [2.75, 3.05) is 5.32 Å². The third kappa shape index (κ3) is 4.35. The average molecular weight is 281 g/mol. The van der Waals surface area contributed by atoms with E-state index in [1.807, 2.05) is 18.2 Å². The van der Waals surface area contributed by atoms with Crippen molar-refractivity contribution in [2.24, 2.45) is 10.7 Å². The van der Waals surface area contributed by atoms with Gasteiger partial charge in [0.2, 0.25) is 0 Å². The van der Waals surface area contributed by atoms with E-state index >= 15 is 0 Å². The smallest absolute Gasteiger partial charge is 0.193 e. The summed E-state index contributed by atoms with van der Waals surface area (Å²) in [4.78, 5) is 4.44.